The number of nitrogens with zero attached hydrogens (tertiary/aromatic N) is 3. The van der Waals surface area contributed by atoms with Crippen molar-refractivity contribution < 1.29 is 0 Å². The van der Waals surface area contributed by atoms with E-state index in [9.17, 15) is 0 Å². The molecule has 2 rings (SSSR count). The molecular formula is C16H16ClN3. The molecule has 0 aliphatic rings. The largest absolute Gasteiger partial charge is 0.326 e. The van der Waals surface area contributed by atoms with Gasteiger partial charge in [0.05, 0.1) is 11.6 Å². The molecule has 4 heteroatoms. The average Bonchev–Trinajstić information content (AvgIpc) is 2.48. The topological polar surface area (TPSA) is 39.9 Å². The van der Waals surface area contributed by atoms with Crippen molar-refractivity contribution in [2.75, 3.05) is 11.4 Å². The highest BCUT2D eigenvalue weighted by molar-refractivity contribution is 6.29. The predicted octanol–water partition coefficient (Wildman–Crippen LogP) is 4.54. The molecule has 0 spiro atoms. The SMILES string of the molecule is CCCCN(c1ccccc1)c1cc(C#N)cc(Cl)n1. The third-order valence-corrected chi connectivity index (χ3v) is 3.18. The molecule has 0 bridgehead atoms. The summed E-state index contributed by atoms with van der Waals surface area (Å²) in [4.78, 5) is 6.45. The van der Waals surface area contributed by atoms with Crippen LogP contribution in [-0.2, 0) is 0 Å². The van der Waals surface area contributed by atoms with E-state index in [1.807, 2.05) is 30.3 Å². The fraction of sp³-hybridized carbons (Fsp3) is 0.250. The molecule has 0 atom stereocenters. The monoisotopic (exact) mass is 285 g/mol. The number of aromatic nitrogens is 1. The number of hydrogen-bond donors (Lipinski definition) is 0. The summed E-state index contributed by atoms with van der Waals surface area (Å²) in [5.74, 6) is 0.716. The normalized spacial score (nSPS) is 10.1. The lowest BCUT2D eigenvalue weighted by atomic mass is 10.2. The number of anilines is 2. The Hall–Kier alpha value is -2.05. The molecule has 0 saturated carbocycles. The Balaban J connectivity index is 2.41. The van der Waals surface area contributed by atoms with Crippen LogP contribution < -0.4 is 4.90 Å². The van der Waals surface area contributed by atoms with Crippen LogP contribution in [0.2, 0.25) is 5.15 Å². The second-order valence-electron chi connectivity index (χ2n) is 4.49. The van der Waals surface area contributed by atoms with Gasteiger partial charge in [-0.25, -0.2) is 4.98 Å². The van der Waals surface area contributed by atoms with Crippen molar-refractivity contribution in [1.82, 2.24) is 4.98 Å². The van der Waals surface area contributed by atoms with Crippen LogP contribution in [0.1, 0.15) is 25.3 Å². The summed E-state index contributed by atoms with van der Waals surface area (Å²) in [5.41, 5.74) is 1.58. The van der Waals surface area contributed by atoms with Crippen LogP contribution in [-0.4, -0.2) is 11.5 Å². The van der Waals surface area contributed by atoms with E-state index in [0.717, 1.165) is 25.1 Å². The van der Waals surface area contributed by atoms with Gasteiger partial charge in [0.15, 0.2) is 0 Å². The highest BCUT2D eigenvalue weighted by Crippen LogP contribution is 2.26. The maximum Gasteiger partial charge on any atom is 0.136 e. The number of hydrogen-bond acceptors (Lipinski definition) is 3. The van der Waals surface area contributed by atoms with Gasteiger partial charge < -0.3 is 4.90 Å². The Kier molecular flexibility index (Phi) is 4.97. The zero-order chi connectivity index (χ0) is 14.4. The van der Waals surface area contributed by atoms with Crippen LogP contribution in [0, 0.1) is 11.3 Å². The number of pyridine rings is 1. The summed E-state index contributed by atoms with van der Waals surface area (Å²) < 4.78 is 0. The quantitative estimate of drug-likeness (QED) is 0.757. The van der Waals surface area contributed by atoms with Gasteiger partial charge in [-0.05, 0) is 30.7 Å². The highest BCUT2D eigenvalue weighted by Gasteiger charge is 2.12. The van der Waals surface area contributed by atoms with Crippen molar-refractivity contribution >= 4 is 23.1 Å². The van der Waals surface area contributed by atoms with Gasteiger partial charge in [-0.2, -0.15) is 5.26 Å². The Morgan fingerprint density at radius 1 is 1.25 bits per heavy atom. The first-order valence-corrected chi connectivity index (χ1v) is 7.02. The first kappa shape index (κ1) is 14.4. The van der Waals surface area contributed by atoms with Crippen molar-refractivity contribution in [3.05, 3.63) is 53.2 Å². The van der Waals surface area contributed by atoms with Crippen molar-refractivity contribution in [1.29, 1.82) is 5.26 Å². The lowest BCUT2D eigenvalue weighted by Crippen LogP contribution is -2.19. The second kappa shape index (κ2) is 6.93. The van der Waals surface area contributed by atoms with Crippen LogP contribution in [0.5, 0.6) is 0 Å². The van der Waals surface area contributed by atoms with Gasteiger partial charge in [0.1, 0.15) is 11.0 Å². The molecule has 0 radical (unpaired) electrons. The molecule has 20 heavy (non-hydrogen) atoms. The van der Waals surface area contributed by atoms with Gasteiger partial charge in [0, 0.05) is 12.2 Å². The fourth-order valence-electron chi connectivity index (χ4n) is 1.99. The summed E-state index contributed by atoms with van der Waals surface area (Å²) in [6, 6.07) is 15.5. The van der Waals surface area contributed by atoms with E-state index in [1.165, 1.54) is 0 Å². The Morgan fingerprint density at radius 2 is 2.00 bits per heavy atom. The minimum Gasteiger partial charge on any atom is -0.326 e. The molecule has 0 saturated heterocycles. The number of rotatable bonds is 5. The standard InChI is InChI=1S/C16H16ClN3/c1-2-3-9-20(14-7-5-4-6-8-14)16-11-13(12-18)10-15(17)19-16/h4-8,10-11H,2-3,9H2,1H3. The van der Waals surface area contributed by atoms with Gasteiger partial charge in [-0.15, -0.1) is 0 Å². The molecule has 102 valence electrons. The van der Waals surface area contributed by atoms with E-state index in [-0.39, 0.29) is 0 Å². The van der Waals surface area contributed by atoms with Crippen LogP contribution in [0.4, 0.5) is 11.5 Å². The third kappa shape index (κ3) is 3.49. The maximum atomic E-state index is 9.06. The number of benzene rings is 1. The zero-order valence-electron chi connectivity index (χ0n) is 11.4. The molecule has 0 aliphatic heterocycles. The van der Waals surface area contributed by atoms with E-state index < -0.39 is 0 Å². The van der Waals surface area contributed by atoms with E-state index >= 15 is 0 Å². The highest BCUT2D eigenvalue weighted by atomic mass is 35.5. The first-order chi connectivity index (χ1) is 9.74. The van der Waals surface area contributed by atoms with E-state index in [0.29, 0.717) is 16.5 Å². The Morgan fingerprint density at radius 3 is 2.65 bits per heavy atom. The van der Waals surface area contributed by atoms with Crippen LogP contribution in [0.25, 0.3) is 0 Å². The first-order valence-electron chi connectivity index (χ1n) is 6.65. The summed E-state index contributed by atoms with van der Waals surface area (Å²) in [7, 11) is 0. The van der Waals surface area contributed by atoms with E-state index in [2.05, 4.69) is 22.9 Å². The number of para-hydroxylation sites is 1. The van der Waals surface area contributed by atoms with Gasteiger partial charge >= 0.3 is 0 Å². The molecule has 1 aromatic heterocycles. The van der Waals surface area contributed by atoms with Crippen molar-refractivity contribution in [3.63, 3.8) is 0 Å². The van der Waals surface area contributed by atoms with Gasteiger partial charge in [-0.1, -0.05) is 43.1 Å². The lowest BCUT2D eigenvalue weighted by Gasteiger charge is -2.24. The minimum absolute atomic E-state index is 0.344. The summed E-state index contributed by atoms with van der Waals surface area (Å²) >= 11 is 6.01. The lowest BCUT2D eigenvalue weighted by molar-refractivity contribution is 0.779. The number of unbranched alkanes of at least 4 members (excludes halogenated alkanes) is 1. The smallest absolute Gasteiger partial charge is 0.136 e. The molecule has 0 aliphatic carbocycles. The molecule has 0 N–H and O–H groups in total. The number of halogens is 1. The van der Waals surface area contributed by atoms with Crippen LogP contribution in [0.15, 0.2) is 42.5 Å². The molecular weight excluding hydrogens is 270 g/mol. The Bertz CT molecular complexity index is 605. The van der Waals surface area contributed by atoms with Gasteiger partial charge in [0.2, 0.25) is 0 Å². The molecule has 3 nitrogen and oxygen atoms in total. The van der Waals surface area contributed by atoms with Crippen LogP contribution in [0.3, 0.4) is 0 Å². The molecule has 1 heterocycles. The maximum absolute atomic E-state index is 9.06. The van der Waals surface area contributed by atoms with Gasteiger partial charge in [-0.3, -0.25) is 0 Å². The zero-order valence-corrected chi connectivity index (χ0v) is 12.1. The van der Waals surface area contributed by atoms with Crippen LogP contribution >= 0.6 is 11.6 Å². The Labute approximate surface area is 124 Å². The molecule has 0 unspecified atom stereocenters. The molecule has 0 amide bonds. The third-order valence-electron chi connectivity index (χ3n) is 2.99. The van der Waals surface area contributed by atoms with Gasteiger partial charge in [0.25, 0.3) is 0 Å². The minimum atomic E-state index is 0.344. The molecule has 0 fully saturated rings. The van der Waals surface area contributed by atoms with E-state index in [1.54, 1.807) is 12.1 Å². The predicted molar refractivity (Wildman–Crippen MR) is 82.3 cm³/mol. The number of nitriles is 1. The van der Waals surface area contributed by atoms with Crippen molar-refractivity contribution in [2.24, 2.45) is 0 Å². The summed E-state index contributed by atoms with van der Waals surface area (Å²) in [6.07, 6.45) is 2.14. The average molecular weight is 286 g/mol. The second-order valence-corrected chi connectivity index (χ2v) is 4.88. The van der Waals surface area contributed by atoms with Crippen molar-refractivity contribution in [2.45, 2.75) is 19.8 Å². The van der Waals surface area contributed by atoms with Crippen molar-refractivity contribution in [3.8, 4) is 6.07 Å². The van der Waals surface area contributed by atoms with E-state index in [4.69, 9.17) is 16.9 Å². The summed E-state index contributed by atoms with van der Waals surface area (Å²) in [5, 5.41) is 9.40. The summed E-state index contributed by atoms with van der Waals surface area (Å²) in [6.45, 7) is 2.99. The fourth-order valence-corrected chi connectivity index (χ4v) is 2.19. The molecule has 1 aromatic carbocycles. The molecule has 2 aromatic rings.